The van der Waals surface area contributed by atoms with Gasteiger partial charge >= 0.3 is 10.2 Å². The summed E-state index contributed by atoms with van der Waals surface area (Å²) in [7, 11) is -2.58. The number of aryl methyl sites for hydroxylation is 1. The van der Waals surface area contributed by atoms with Gasteiger partial charge in [0.2, 0.25) is 0 Å². The van der Waals surface area contributed by atoms with Gasteiger partial charge in [-0.15, -0.1) is 0 Å². The zero-order valence-corrected chi connectivity index (χ0v) is 21.5. The van der Waals surface area contributed by atoms with E-state index in [2.05, 4.69) is 15.0 Å². The average molecular weight is 529 g/mol. The fourth-order valence-corrected chi connectivity index (χ4v) is 5.15. The highest BCUT2D eigenvalue weighted by molar-refractivity contribution is 7.90. The fraction of sp³-hybridized carbons (Fsp3) is 0.400. The number of nitrogens with zero attached hydrogens (tertiary/aromatic N) is 4. The lowest BCUT2D eigenvalue weighted by molar-refractivity contribution is 0.336. The summed E-state index contributed by atoms with van der Waals surface area (Å²) in [6, 6.07) is 8.53. The lowest BCUT2D eigenvalue weighted by atomic mass is 9.95. The lowest BCUT2D eigenvalue weighted by Gasteiger charge is -2.22. The van der Waals surface area contributed by atoms with Crippen molar-refractivity contribution in [3.63, 3.8) is 0 Å². The van der Waals surface area contributed by atoms with Crippen LogP contribution in [0.1, 0.15) is 31.7 Å². The first-order chi connectivity index (χ1) is 17.7. The van der Waals surface area contributed by atoms with Gasteiger partial charge in [0.25, 0.3) is 5.56 Å². The van der Waals surface area contributed by atoms with E-state index >= 15 is 0 Å². The van der Waals surface area contributed by atoms with Crippen LogP contribution in [-0.2, 0) is 16.8 Å². The Kier molecular flexibility index (Phi) is 8.06. The van der Waals surface area contributed by atoms with Gasteiger partial charge in [-0.3, -0.25) is 14.1 Å². The highest BCUT2D eigenvalue weighted by Gasteiger charge is 2.22. The van der Waals surface area contributed by atoms with E-state index in [1.54, 1.807) is 17.6 Å². The second kappa shape index (κ2) is 11.2. The molecule has 0 radical (unpaired) electrons. The van der Waals surface area contributed by atoms with Gasteiger partial charge in [0, 0.05) is 20.1 Å². The van der Waals surface area contributed by atoms with Crippen LogP contribution in [0.15, 0.2) is 41.5 Å². The van der Waals surface area contributed by atoms with Crippen LogP contribution in [0.4, 0.5) is 10.1 Å². The molecule has 1 aromatic heterocycles. The van der Waals surface area contributed by atoms with Crippen molar-refractivity contribution in [3.05, 3.63) is 58.4 Å². The fourth-order valence-electron chi connectivity index (χ4n) is 4.21. The minimum absolute atomic E-state index is 0.114. The van der Waals surface area contributed by atoms with Gasteiger partial charge in [-0.05, 0) is 68.6 Å². The number of hydrogen-bond acceptors (Lipinski definition) is 7. The van der Waals surface area contributed by atoms with Crippen molar-refractivity contribution in [1.82, 2.24) is 19.2 Å². The van der Waals surface area contributed by atoms with Crippen molar-refractivity contribution < 1.29 is 17.5 Å². The highest BCUT2D eigenvalue weighted by Crippen LogP contribution is 2.34. The number of nitrogens with one attached hydrogen (secondary N) is 2. The van der Waals surface area contributed by atoms with E-state index in [1.165, 1.54) is 25.5 Å². The highest BCUT2D eigenvalue weighted by atomic mass is 32.2. The number of ether oxygens (including phenoxy) is 1. The van der Waals surface area contributed by atoms with Crippen LogP contribution in [0.5, 0.6) is 11.5 Å². The zero-order valence-electron chi connectivity index (χ0n) is 20.7. The SMILES string of the molecule is CCN(C)S(=O)(=O)Nc1ccc(F)c(Oc2ccc3ncn(CCC4CCNCC4)c(=O)c3c2)c1C#N. The summed E-state index contributed by atoms with van der Waals surface area (Å²) in [5.74, 6) is -0.637. The summed E-state index contributed by atoms with van der Waals surface area (Å²) in [5, 5.41) is 13.3. The van der Waals surface area contributed by atoms with Crippen LogP contribution < -0.4 is 20.3 Å². The molecular formula is C25H29FN6O4S. The Hall–Kier alpha value is -3.53. The summed E-state index contributed by atoms with van der Waals surface area (Å²) in [5.41, 5.74) is -0.226. The molecule has 2 N–H and O–H groups in total. The Morgan fingerprint density at radius 3 is 2.76 bits per heavy atom. The predicted octanol–water partition coefficient (Wildman–Crippen LogP) is 3.20. The molecule has 0 unspecified atom stereocenters. The van der Waals surface area contributed by atoms with Crippen LogP contribution in [0.3, 0.4) is 0 Å². The molecule has 1 saturated heterocycles. The number of halogens is 1. The summed E-state index contributed by atoms with van der Waals surface area (Å²) in [6.45, 7) is 4.35. The third-order valence-electron chi connectivity index (χ3n) is 6.57. The number of rotatable bonds is 9. The molecule has 0 aliphatic carbocycles. The quantitative estimate of drug-likeness (QED) is 0.436. The van der Waals surface area contributed by atoms with Crippen LogP contribution in [0, 0.1) is 23.1 Å². The molecule has 10 nitrogen and oxygen atoms in total. The van der Waals surface area contributed by atoms with Crippen molar-refractivity contribution in [3.8, 4) is 17.6 Å². The maximum absolute atomic E-state index is 14.7. The molecule has 4 rings (SSSR count). The van der Waals surface area contributed by atoms with E-state index in [4.69, 9.17) is 4.74 Å². The smallest absolute Gasteiger partial charge is 0.301 e. The monoisotopic (exact) mass is 528 g/mol. The maximum atomic E-state index is 14.7. The number of anilines is 1. The van der Waals surface area contributed by atoms with Gasteiger partial charge in [-0.2, -0.15) is 18.0 Å². The van der Waals surface area contributed by atoms with Crippen molar-refractivity contribution in [2.45, 2.75) is 32.7 Å². The second-order valence-corrected chi connectivity index (χ2v) is 10.7. The van der Waals surface area contributed by atoms with Gasteiger partial charge in [0.1, 0.15) is 17.4 Å². The minimum Gasteiger partial charge on any atom is -0.453 e. The lowest BCUT2D eigenvalue weighted by Crippen LogP contribution is -2.32. The first-order valence-corrected chi connectivity index (χ1v) is 13.5. The molecule has 196 valence electrons. The van der Waals surface area contributed by atoms with E-state index < -0.39 is 21.8 Å². The van der Waals surface area contributed by atoms with Gasteiger partial charge < -0.3 is 10.1 Å². The Morgan fingerprint density at radius 2 is 2.05 bits per heavy atom. The van der Waals surface area contributed by atoms with Crippen LogP contribution in [-0.4, -0.2) is 49.0 Å². The van der Waals surface area contributed by atoms with Crippen LogP contribution in [0.25, 0.3) is 10.9 Å². The minimum atomic E-state index is -3.95. The van der Waals surface area contributed by atoms with Crippen LogP contribution >= 0.6 is 0 Å². The molecule has 0 atom stereocenters. The van der Waals surface area contributed by atoms with Crippen molar-refractivity contribution in [1.29, 1.82) is 5.26 Å². The number of piperidine rings is 1. The molecule has 2 heterocycles. The zero-order chi connectivity index (χ0) is 26.6. The molecule has 1 aliphatic rings. The molecule has 0 bridgehead atoms. The Morgan fingerprint density at radius 1 is 1.30 bits per heavy atom. The number of fused-ring (bicyclic) bond motifs is 1. The number of aromatic nitrogens is 2. The van der Waals surface area contributed by atoms with Gasteiger partial charge in [0.15, 0.2) is 11.6 Å². The maximum Gasteiger partial charge on any atom is 0.301 e. The molecule has 0 amide bonds. The Bertz CT molecular complexity index is 1500. The van der Waals surface area contributed by atoms with Crippen molar-refractivity contribution in [2.24, 2.45) is 5.92 Å². The van der Waals surface area contributed by atoms with E-state index in [0.29, 0.717) is 23.4 Å². The first kappa shape index (κ1) is 26.5. The average Bonchev–Trinajstić information content (AvgIpc) is 2.90. The first-order valence-electron chi connectivity index (χ1n) is 12.1. The summed E-state index contributed by atoms with van der Waals surface area (Å²) < 4.78 is 50.2. The van der Waals surface area contributed by atoms with E-state index in [-0.39, 0.29) is 29.1 Å². The summed E-state index contributed by atoms with van der Waals surface area (Å²) in [6.07, 6.45) is 4.55. The molecule has 3 aromatic rings. The molecule has 2 aromatic carbocycles. The second-order valence-electron chi connectivity index (χ2n) is 8.94. The Labute approximate surface area is 214 Å². The van der Waals surface area contributed by atoms with Crippen LogP contribution in [0.2, 0.25) is 0 Å². The Balaban J connectivity index is 1.63. The van der Waals surface area contributed by atoms with E-state index in [1.807, 2.05) is 6.07 Å². The third-order valence-corrected chi connectivity index (χ3v) is 8.13. The molecule has 0 saturated carbocycles. The molecule has 1 aliphatic heterocycles. The molecule has 0 spiro atoms. The van der Waals surface area contributed by atoms with Crippen molar-refractivity contribution >= 4 is 26.8 Å². The topological polar surface area (TPSA) is 129 Å². The summed E-state index contributed by atoms with van der Waals surface area (Å²) in [4.78, 5) is 17.5. The van der Waals surface area contributed by atoms with E-state index in [9.17, 15) is 22.9 Å². The standard InChI is InChI=1S/C25H29FN6O4S/c1-3-31(2)37(34,35)30-23-7-5-21(26)24(20(23)15-27)36-18-4-6-22-19(14-18)25(33)32(16-29-22)13-10-17-8-11-28-12-9-17/h4-7,14,16-17,28,30H,3,8-13H2,1-2H3. The van der Waals surface area contributed by atoms with Gasteiger partial charge in [-0.25, -0.2) is 9.37 Å². The molecular weight excluding hydrogens is 499 g/mol. The largest absolute Gasteiger partial charge is 0.453 e. The third kappa shape index (κ3) is 5.90. The molecule has 37 heavy (non-hydrogen) atoms. The van der Waals surface area contributed by atoms with Gasteiger partial charge in [0.05, 0.1) is 22.9 Å². The predicted molar refractivity (Wildman–Crippen MR) is 138 cm³/mol. The van der Waals surface area contributed by atoms with Crippen molar-refractivity contribution in [2.75, 3.05) is 31.4 Å². The number of nitriles is 1. The van der Waals surface area contributed by atoms with E-state index in [0.717, 1.165) is 48.8 Å². The number of hydrogen-bond donors (Lipinski definition) is 2. The summed E-state index contributed by atoms with van der Waals surface area (Å²) >= 11 is 0. The normalized spacial score (nSPS) is 14.6. The number of benzene rings is 2. The molecule has 1 fully saturated rings. The molecule has 12 heteroatoms. The van der Waals surface area contributed by atoms with Gasteiger partial charge in [-0.1, -0.05) is 6.92 Å².